The van der Waals surface area contributed by atoms with Gasteiger partial charge in [0.2, 0.25) is 5.95 Å². The molecule has 2 aromatic carbocycles. The third-order valence-corrected chi connectivity index (χ3v) is 9.49. The highest BCUT2D eigenvalue weighted by atomic mass is 32.1. The summed E-state index contributed by atoms with van der Waals surface area (Å²) in [6, 6.07) is 20.0. The van der Waals surface area contributed by atoms with Gasteiger partial charge in [-0.3, -0.25) is 0 Å². The van der Waals surface area contributed by atoms with E-state index in [1.54, 1.807) is 0 Å². The lowest BCUT2D eigenvalue weighted by molar-refractivity contribution is 0.0515. The maximum Gasteiger partial charge on any atom is 0.232 e. The van der Waals surface area contributed by atoms with E-state index in [1.165, 1.54) is 24.2 Å². The van der Waals surface area contributed by atoms with Gasteiger partial charge in [0.1, 0.15) is 17.5 Å². The van der Waals surface area contributed by atoms with Crippen LogP contribution in [0.2, 0.25) is 0 Å². The first-order valence-corrected chi connectivity index (χ1v) is 16.0. The van der Waals surface area contributed by atoms with Crippen LogP contribution in [0.25, 0.3) is 0 Å². The summed E-state index contributed by atoms with van der Waals surface area (Å²) < 4.78 is 19.4. The van der Waals surface area contributed by atoms with Gasteiger partial charge in [0, 0.05) is 75.7 Å². The second-order valence-electron chi connectivity index (χ2n) is 12.0. The molecule has 0 aliphatic carbocycles. The van der Waals surface area contributed by atoms with Crippen LogP contribution in [-0.2, 0) is 10.2 Å². The van der Waals surface area contributed by atoms with E-state index in [1.807, 2.05) is 12.1 Å². The van der Waals surface area contributed by atoms with E-state index < -0.39 is 0 Å². The molecule has 0 bridgehead atoms. The molecule has 0 radical (unpaired) electrons. The van der Waals surface area contributed by atoms with E-state index in [0.717, 1.165) is 75.6 Å². The number of rotatable bonds is 7. The van der Waals surface area contributed by atoms with Crippen LogP contribution < -0.4 is 25.3 Å². The largest absolute Gasteiger partial charge is 0.381 e. The zero-order valence-corrected chi connectivity index (χ0v) is 25.8. The highest BCUT2D eigenvalue weighted by Crippen LogP contribution is 2.34. The molecule has 4 heterocycles. The number of nitrogens with one attached hydrogen (secondary N) is 2. The molecule has 1 unspecified atom stereocenters. The molecule has 43 heavy (non-hydrogen) atoms. The number of piperidine rings is 1. The first kappa shape index (κ1) is 29.6. The summed E-state index contributed by atoms with van der Waals surface area (Å²) in [5, 5.41) is 7.24. The number of benzene rings is 2. The predicted molar refractivity (Wildman–Crippen MR) is 176 cm³/mol. The summed E-state index contributed by atoms with van der Waals surface area (Å²) in [7, 11) is 0. The van der Waals surface area contributed by atoms with Crippen LogP contribution in [0, 0.1) is 5.82 Å². The highest BCUT2D eigenvalue weighted by Gasteiger charge is 2.35. The van der Waals surface area contributed by atoms with Crippen molar-refractivity contribution in [3.8, 4) is 0 Å². The monoisotopic (exact) mass is 603 g/mol. The van der Waals surface area contributed by atoms with Crippen molar-refractivity contribution in [2.24, 2.45) is 0 Å². The number of piperazine rings is 1. The van der Waals surface area contributed by atoms with Gasteiger partial charge in [0.25, 0.3) is 0 Å². The Hall–Kier alpha value is -3.50. The lowest BCUT2D eigenvalue weighted by Gasteiger charge is -2.38. The van der Waals surface area contributed by atoms with E-state index in [0.29, 0.717) is 36.9 Å². The van der Waals surface area contributed by atoms with Crippen molar-refractivity contribution in [3.63, 3.8) is 0 Å². The molecule has 1 aromatic heterocycles. The maximum atomic E-state index is 13.7. The second-order valence-corrected chi connectivity index (χ2v) is 12.4. The molecular formula is C33H42FN7OS. The fraction of sp³-hybridized carbons (Fsp3) is 0.485. The Balaban J connectivity index is 1.18. The Morgan fingerprint density at radius 2 is 1.63 bits per heavy atom. The van der Waals surface area contributed by atoms with Crippen molar-refractivity contribution >= 4 is 40.6 Å². The molecule has 2 N–H and O–H groups in total. The Bertz CT molecular complexity index is 1360. The van der Waals surface area contributed by atoms with Crippen LogP contribution >= 0.6 is 12.2 Å². The predicted octanol–water partition coefficient (Wildman–Crippen LogP) is 5.36. The summed E-state index contributed by atoms with van der Waals surface area (Å²) in [5.74, 6) is 2.15. The van der Waals surface area contributed by atoms with Gasteiger partial charge in [0.05, 0.1) is 0 Å². The van der Waals surface area contributed by atoms with Crippen LogP contribution in [-0.4, -0.2) is 73.6 Å². The molecule has 3 saturated heterocycles. The Kier molecular flexibility index (Phi) is 9.23. The van der Waals surface area contributed by atoms with E-state index in [-0.39, 0.29) is 11.2 Å². The molecule has 3 aromatic rings. The van der Waals surface area contributed by atoms with Gasteiger partial charge in [-0.1, -0.05) is 30.3 Å². The summed E-state index contributed by atoms with van der Waals surface area (Å²) >= 11 is 5.79. The molecule has 1 atom stereocenters. The van der Waals surface area contributed by atoms with E-state index >= 15 is 0 Å². The zero-order chi connectivity index (χ0) is 29.6. The lowest BCUT2D eigenvalue weighted by atomic mass is 9.74. The average molecular weight is 604 g/mol. The van der Waals surface area contributed by atoms with Gasteiger partial charge < -0.3 is 30.1 Å². The normalized spacial score (nSPS) is 20.5. The molecular weight excluding hydrogens is 561 g/mol. The molecule has 0 spiro atoms. The fourth-order valence-electron chi connectivity index (χ4n) is 6.59. The molecule has 0 saturated carbocycles. The molecule has 10 heteroatoms. The Morgan fingerprint density at radius 3 is 2.35 bits per heavy atom. The molecule has 6 rings (SSSR count). The number of para-hydroxylation sites is 1. The summed E-state index contributed by atoms with van der Waals surface area (Å²) in [4.78, 5) is 17.1. The summed E-state index contributed by atoms with van der Waals surface area (Å²) in [5.41, 5.74) is 2.17. The number of aromatic nitrogens is 2. The van der Waals surface area contributed by atoms with Crippen molar-refractivity contribution < 1.29 is 9.13 Å². The number of halogens is 1. The Morgan fingerprint density at radius 1 is 0.930 bits per heavy atom. The average Bonchev–Trinajstić information content (AvgIpc) is 3.05. The molecule has 3 fully saturated rings. The first-order valence-electron chi connectivity index (χ1n) is 15.6. The first-order chi connectivity index (χ1) is 21.0. The van der Waals surface area contributed by atoms with Gasteiger partial charge in [-0.2, -0.15) is 9.97 Å². The van der Waals surface area contributed by atoms with Gasteiger partial charge in [0.15, 0.2) is 5.11 Å². The van der Waals surface area contributed by atoms with Gasteiger partial charge >= 0.3 is 0 Å². The molecule has 8 nitrogen and oxygen atoms in total. The minimum Gasteiger partial charge on any atom is -0.381 e. The minimum atomic E-state index is -0.228. The molecule has 3 aliphatic heterocycles. The number of nitrogens with zero attached hydrogens (tertiary/aromatic N) is 5. The van der Waals surface area contributed by atoms with Gasteiger partial charge in [-0.15, -0.1) is 0 Å². The number of hydrogen-bond acceptors (Lipinski definition) is 7. The van der Waals surface area contributed by atoms with Crippen molar-refractivity contribution in [1.29, 1.82) is 0 Å². The smallest absolute Gasteiger partial charge is 0.232 e. The third kappa shape index (κ3) is 7.02. The molecule has 0 amide bonds. The van der Waals surface area contributed by atoms with Crippen LogP contribution in [0.3, 0.4) is 0 Å². The SMILES string of the molecule is CC1CCCCN1c1cc(N2CCN(c3ccccc3)CC2)nc(NC(=S)NCC2(c3ccc(F)cc3)CCOCC2)n1. The number of hydrogen-bond donors (Lipinski definition) is 2. The van der Waals surface area contributed by atoms with Crippen molar-refractivity contribution in [3.05, 3.63) is 72.0 Å². The Labute approximate surface area is 259 Å². The van der Waals surface area contributed by atoms with E-state index in [2.05, 4.69) is 68.7 Å². The maximum absolute atomic E-state index is 13.7. The number of anilines is 4. The number of thiocarbonyl (C=S) groups is 1. The fourth-order valence-corrected chi connectivity index (χ4v) is 6.75. The van der Waals surface area contributed by atoms with E-state index in [9.17, 15) is 4.39 Å². The van der Waals surface area contributed by atoms with E-state index in [4.69, 9.17) is 26.9 Å². The minimum absolute atomic E-state index is 0.187. The summed E-state index contributed by atoms with van der Waals surface area (Å²) in [6.07, 6.45) is 5.25. The third-order valence-electron chi connectivity index (χ3n) is 9.24. The zero-order valence-electron chi connectivity index (χ0n) is 25.0. The van der Waals surface area contributed by atoms with Gasteiger partial charge in [-0.05, 0) is 81.1 Å². The van der Waals surface area contributed by atoms with Crippen molar-refractivity contribution in [1.82, 2.24) is 15.3 Å². The topological polar surface area (TPSA) is 68.8 Å². The van der Waals surface area contributed by atoms with Crippen LogP contribution in [0.1, 0.15) is 44.6 Å². The summed E-state index contributed by atoms with van der Waals surface area (Å²) in [6.45, 7) is 8.84. The standard InChI is InChI=1S/C33H42FN7OS/c1-25-7-5-6-16-41(25)30-23-29(40-19-17-39(18-20-40)28-8-3-2-4-9-28)36-31(37-30)38-32(43)35-24-33(14-21-42-22-15-33)26-10-12-27(34)13-11-26/h2-4,8-13,23,25H,5-7,14-22,24H2,1H3,(H2,35,36,37,38,43). The van der Waals surface area contributed by atoms with Crippen LogP contribution in [0.4, 0.5) is 27.7 Å². The number of ether oxygens (including phenoxy) is 1. The van der Waals surface area contributed by atoms with Crippen molar-refractivity contribution in [2.75, 3.05) is 72.5 Å². The van der Waals surface area contributed by atoms with Crippen LogP contribution in [0.5, 0.6) is 0 Å². The second kappa shape index (κ2) is 13.4. The highest BCUT2D eigenvalue weighted by molar-refractivity contribution is 7.80. The lowest BCUT2D eigenvalue weighted by Crippen LogP contribution is -2.47. The molecule has 3 aliphatic rings. The molecule has 228 valence electrons. The van der Waals surface area contributed by atoms with Crippen LogP contribution in [0.15, 0.2) is 60.7 Å². The van der Waals surface area contributed by atoms with Crippen molar-refractivity contribution in [2.45, 2.75) is 50.5 Å². The quantitative estimate of drug-likeness (QED) is 0.348. The van der Waals surface area contributed by atoms with Gasteiger partial charge in [-0.25, -0.2) is 4.39 Å².